The largest absolute Gasteiger partial charge is 0.300 e. The number of benzene rings is 1. The molecule has 1 rings (SSSR count). The van der Waals surface area contributed by atoms with E-state index in [0.29, 0.717) is 6.42 Å². The van der Waals surface area contributed by atoms with Gasteiger partial charge in [-0.2, -0.15) is 0 Å². The fourth-order valence-electron chi connectivity index (χ4n) is 1.35. The summed E-state index contributed by atoms with van der Waals surface area (Å²) >= 11 is 0. The Kier molecular flexibility index (Phi) is 9.31. The monoisotopic (exact) mass is 238 g/mol. The minimum atomic E-state index is -0.197. The number of carbonyl (C=O) groups excluding carboxylic acids is 1. The maximum atomic E-state index is 12.5. The minimum Gasteiger partial charge on any atom is -0.300 e. The van der Waals surface area contributed by atoms with Crippen LogP contribution in [0.5, 0.6) is 0 Å². The molecule has 1 aromatic carbocycles. The molecule has 1 aromatic rings. The number of Topliss-reactive ketones (excluding diaryl/α,β-unsaturated/α-hetero) is 1. The Labute approximate surface area is 104 Å². The first-order valence-corrected chi connectivity index (χ1v) is 6.34. The molecule has 0 saturated heterocycles. The van der Waals surface area contributed by atoms with Crippen LogP contribution in [0.3, 0.4) is 0 Å². The topological polar surface area (TPSA) is 17.1 Å². The fraction of sp³-hybridized carbons (Fsp3) is 0.533. The SMILES string of the molecule is CC(=O)CCCCc1ccc(F)cc1.CCC. The summed E-state index contributed by atoms with van der Waals surface area (Å²) in [4.78, 5) is 10.7. The van der Waals surface area contributed by atoms with Crippen molar-refractivity contribution in [2.45, 2.75) is 52.9 Å². The predicted molar refractivity (Wildman–Crippen MR) is 70.6 cm³/mol. The van der Waals surface area contributed by atoms with Crippen LogP contribution in [0.1, 0.15) is 52.0 Å². The lowest BCUT2D eigenvalue weighted by Gasteiger charge is -2.00. The summed E-state index contributed by atoms with van der Waals surface area (Å²) in [5, 5.41) is 0. The highest BCUT2D eigenvalue weighted by atomic mass is 19.1. The zero-order chi connectivity index (χ0) is 13.1. The summed E-state index contributed by atoms with van der Waals surface area (Å²) in [5.41, 5.74) is 1.13. The minimum absolute atomic E-state index is 0.197. The van der Waals surface area contributed by atoms with Crippen LogP contribution >= 0.6 is 0 Å². The van der Waals surface area contributed by atoms with Crippen LogP contribution in [-0.4, -0.2) is 5.78 Å². The third-order valence-electron chi connectivity index (χ3n) is 2.16. The smallest absolute Gasteiger partial charge is 0.129 e. The van der Waals surface area contributed by atoms with Crippen molar-refractivity contribution in [3.8, 4) is 0 Å². The second-order valence-corrected chi connectivity index (χ2v) is 4.24. The Hall–Kier alpha value is -1.18. The molecular weight excluding hydrogens is 215 g/mol. The molecule has 0 bridgehead atoms. The van der Waals surface area contributed by atoms with Crippen LogP contribution in [0.2, 0.25) is 0 Å². The molecule has 0 radical (unpaired) electrons. The molecule has 0 unspecified atom stereocenters. The van der Waals surface area contributed by atoms with E-state index in [-0.39, 0.29) is 11.6 Å². The van der Waals surface area contributed by atoms with Crippen LogP contribution in [0.4, 0.5) is 4.39 Å². The number of carbonyl (C=O) groups is 1. The zero-order valence-corrected chi connectivity index (χ0v) is 11.1. The molecule has 0 spiro atoms. The van der Waals surface area contributed by atoms with Gasteiger partial charge in [0.2, 0.25) is 0 Å². The molecule has 0 aliphatic heterocycles. The molecule has 17 heavy (non-hydrogen) atoms. The van der Waals surface area contributed by atoms with Gasteiger partial charge in [0.15, 0.2) is 0 Å². The van der Waals surface area contributed by atoms with Crippen LogP contribution in [-0.2, 0) is 11.2 Å². The molecule has 0 saturated carbocycles. The van der Waals surface area contributed by atoms with Crippen molar-refractivity contribution < 1.29 is 9.18 Å². The number of aryl methyl sites for hydroxylation is 1. The van der Waals surface area contributed by atoms with Gasteiger partial charge in [-0.25, -0.2) is 4.39 Å². The summed E-state index contributed by atoms with van der Waals surface area (Å²) in [6.45, 7) is 5.86. The molecule has 0 amide bonds. The Bertz CT molecular complexity index is 303. The first kappa shape index (κ1) is 15.8. The zero-order valence-electron chi connectivity index (χ0n) is 11.1. The summed E-state index contributed by atoms with van der Waals surface area (Å²) in [6, 6.07) is 6.53. The van der Waals surface area contributed by atoms with Gasteiger partial charge in [0, 0.05) is 6.42 Å². The van der Waals surface area contributed by atoms with Gasteiger partial charge in [0.05, 0.1) is 0 Å². The van der Waals surface area contributed by atoms with E-state index >= 15 is 0 Å². The van der Waals surface area contributed by atoms with Gasteiger partial charge in [-0.15, -0.1) is 0 Å². The van der Waals surface area contributed by atoms with Gasteiger partial charge >= 0.3 is 0 Å². The van der Waals surface area contributed by atoms with E-state index in [4.69, 9.17) is 0 Å². The average Bonchev–Trinajstić information content (AvgIpc) is 2.28. The predicted octanol–water partition coefficient (Wildman–Crippen LogP) is 4.54. The second kappa shape index (κ2) is 10.0. The molecule has 0 N–H and O–H groups in total. The third-order valence-corrected chi connectivity index (χ3v) is 2.16. The van der Waals surface area contributed by atoms with Crippen molar-refractivity contribution in [2.24, 2.45) is 0 Å². The van der Waals surface area contributed by atoms with E-state index in [0.717, 1.165) is 24.8 Å². The Morgan fingerprint density at radius 3 is 2.12 bits per heavy atom. The van der Waals surface area contributed by atoms with Crippen LogP contribution in [0.15, 0.2) is 24.3 Å². The highest BCUT2D eigenvalue weighted by Crippen LogP contribution is 2.08. The maximum absolute atomic E-state index is 12.5. The molecule has 1 nitrogen and oxygen atoms in total. The molecule has 0 heterocycles. The number of halogens is 1. The summed E-state index contributed by atoms with van der Waals surface area (Å²) < 4.78 is 12.5. The van der Waals surface area contributed by atoms with Crippen molar-refractivity contribution in [2.75, 3.05) is 0 Å². The van der Waals surface area contributed by atoms with Crippen molar-refractivity contribution in [1.82, 2.24) is 0 Å². The summed E-state index contributed by atoms with van der Waals surface area (Å²) in [6.07, 6.45) is 4.74. The molecule has 0 fully saturated rings. The Morgan fingerprint density at radius 2 is 1.65 bits per heavy atom. The van der Waals surface area contributed by atoms with Gasteiger partial charge in [0.25, 0.3) is 0 Å². The number of rotatable bonds is 5. The fourth-order valence-corrected chi connectivity index (χ4v) is 1.35. The van der Waals surface area contributed by atoms with Gasteiger partial charge < -0.3 is 4.79 Å². The van der Waals surface area contributed by atoms with E-state index in [9.17, 15) is 9.18 Å². The average molecular weight is 238 g/mol. The third kappa shape index (κ3) is 9.73. The van der Waals surface area contributed by atoms with Gasteiger partial charge in [0.1, 0.15) is 11.6 Å². The van der Waals surface area contributed by atoms with Crippen LogP contribution in [0, 0.1) is 5.82 Å². The lowest BCUT2D eigenvalue weighted by molar-refractivity contribution is -0.117. The first-order valence-electron chi connectivity index (χ1n) is 6.34. The van der Waals surface area contributed by atoms with Crippen LogP contribution in [0.25, 0.3) is 0 Å². The molecule has 0 aliphatic carbocycles. The van der Waals surface area contributed by atoms with E-state index in [2.05, 4.69) is 13.8 Å². The summed E-state index contributed by atoms with van der Waals surface area (Å²) in [7, 11) is 0. The lowest BCUT2D eigenvalue weighted by Crippen LogP contribution is -1.91. The molecule has 0 atom stereocenters. The van der Waals surface area contributed by atoms with Crippen LogP contribution < -0.4 is 0 Å². The van der Waals surface area contributed by atoms with E-state index < -0.39 is 0 Å². The Balaban J connectivity index is 0.000000770. The highest BCUT2D eigenvalue weighted by Gasteiger charge is 1.96. The number of hydrogen-bond acceptors (Lipinski definition) is 1. The van der Waals surface area contributed by atoms with Gasteiger partial charge in [-0.05, 0) is 43.9 Å². The molecule has 0 aliphatic rings. The lowest BCUT2D eigenvalue weighted by atomic mass is 10.1. The van der Waals surface area contributed by atoms with E-state index in [1.165, 1.54) is 18.6 Å². The normalized spacial score (nSPS) is 9.41. The standard InChI is InChI=1S/C12H15FO.C3H8/c1-10(14)4-2-3-5-11-6-8-12(13)9-7-11;1-3-2/h6-9H,2-5H2,1H3;3H2,1-2H3. The quantitative estimate of drug-likeness (QED) is 0.688. The number of ketones is 1. The molecular formula is C15H23FO. The van der Waals surface area contributed by atoms with Gasteiger partial charge in [-0.3, -0.25) is 0 Å². The Morgan fingerprint density at radius 1 is 1.12 bits per heavy atom. The van der Waals surface area contributed by atoms with Crippen molar-refractivity contribution in [3.05, 3.63) is 35.6 Å². The maximum Gasteiger partial charge on any atom is 0.129 e. The van der Waals surface area contributed by atoms with E-state index in [1.807, 2.05) is 0 Å². The summed E-state index contributed by atoms with van der Waals surface area (Å²) in [5.74, 6) is 0.0431. The second-order valence-electron chi connectivity index (χ2n) is 4.24. The number of unbranched alkanes of at least 4 members (excludes halogenated alkanes) is 1. The van der Waals surface area contributed by atoms with Crippen molar-refractivity contribution >= 4 is 5.78 Å². The number of hydrogen-bond donors (Lipinski definition) is 0. The highest BCUT2D eigenvalue weighted by molar-refractivity contribution is 5.75. The first-order chi connectivity index (χ1) is 8.10. The van der Waals surface area contributed by atoms with Crippen molar-refractivity contribution in [3.63, 3.8) is 0 Å². The molecule has 96 valence electrons. The molecule has 0 aromatic heterocycles. The van der Waals surface area contributed by atoms with Gasteiger partial charge in [-0.1, -0.05) is 32.4 Å². The van der Waals surface area contributed by atoms with E-state index in [1.54, 1.807) is 19.1 Å². The molecule has 2 heteroatoms. The van der Waals surface area contributed by atoms with Crippen molar-refractivity contribution in [1.29, 1.82) is 0 Å².